The van der Waals surface area contributed by atoms with E-state index < -0.39 is 0 Å². The van der Waals surface area contributed by atoms with Gasteiger partial charge < -0.3 is 4.90 Å². The largest absolute Gasteiger partial charge is 0.331 e. The van der Waals surface area contributed by atoms with Crippen LogP contribution in [0.4, 0.5) is 0 Å². The van der Waals surface area contributed by atoms with Gasteiger partial charge in [-0.05, 0) is 24.3 Å². The average molecular weight is 289 g/mol. The van der Waals surface area contributed by atoms with E-state index in [0.29, 0.717) is 13.1 Å². The van der Waals surface area contributed by atoms with E-state index in [-0.39, 0.29) is 5.91 Å². The van der Waals surface area contributed by atoms with Crippen LogP contribution in [0.1, 0.15) is 30.1 Å². The molecule has 0 saturated heterocycles. The van der Waals surface area contributed by atoms with Crippen LogP contribution in [0.5, 0.6) is 0 Å². The lowest BCUT2D eigenvalue weighted by Gasteiger charge is -2.20. The molecule has 0 heterocycles. The zero-order valence-corrected chi connectivity index (χ0v) is 13.0. The predicted molar refractivity (Wildman–Crippen MR) is 88.4 cm³/mol. The van der Waals surface area contributed by atoms with Gasteiger partial charge in [-0.15, -0.1) is 24.9 Å². The first-order valence-electron chi connectivity index (χ1n) is 6.97. The van der Waals surface area contributed by atoms with Crippen molar-refractivity contribution in [1.82, 2.24) is 4.90 Å². The van der Waals surface area contributed by atoms with Gasteiger partial charge in [-0.1, -0.05) is 37.6 Å². The van der Waals surface area contributed by atoms with Crippen LogP contribution in [-0.4, -0.2) is 29.6 Å². The third kappa shape index (κ3) is 4.89. The molecule has 0 aliphatic heterocycles. The van der Waals surface area contributed by atoms with Crippen LogP contribution in [0.15, 0.2) is 54.5 Å². The molecule has 0 radical (unpaired) electrons. The Hall–Kier alpha value is -1.48. The summed E-state index contributed by atoms with van der Waals surface area (Å²) in [7, 11) is 0. The van der Waals surface area contributed by atoms with E-state index in [0.717, 1.165) is 22.6 Å². The molecule has 20 heavy (non-hydrogen) atoms. The van der Waals surface area contributed by atoms with Crippen LogP contribution in [0.3, 0.4) is 0 Å². The first-order valence-corrected chi connectivity index (χ1v) is 7.96. The summed E-state index contributed by atoms with van der Waals surface area (Å²) in [4.78, 5) is 15.4. The predicted octanol–water partition coefficient (Wildman–Crippen LogP) is 4.39. The third-order valence-corrected chi connectivity index (χ3v) is 4.02. The molecule has 0 bridgehead atoms. The number of unbranched alkanes of at least 4 members (excludes halogenated alkanes) is 1. The Balaban J connectivity index is 2.89. The van der Waals surface area contributed by atoms with Crippen molar-refractivity contribution < 1.29 is 4.79 Å². The number of amides is 1. The van der Waals surface area contributed by atoms with E-state index in [9.17, 15) is 4.79 Å². The first kappa shape index (κ1) is 16.6. The van der Waals surface area contributed by atoms with Crippen molar-refractivity contribution in [2.75, 3.05) is 18.8 Å². The zero-order valence-electron chi connectivity index (χ0n) is 12.2. The zero-order chi connectivity index (χ0) is 14.8. The summed E-state index contributed by atoms with van der Waals surface area (Å²) in [6.45, 7) is 10.7. The van der Waals surface area contributed by atoms with Crippen LogP contribution < -0.4 is 0 Å². The van der Waals surface area contributed by atoms with E-state index in [2.05, 4.69) is 20.1 Å². The van der Waals surface area contributed by atoms with Crippen LogP contribution in [0.2, 0.25) is 0 Å². The Morgan fingerprint density at radius 3 is 2.50 bits per heavy atom. The summed E-state index contributed by atoms with van der Waals surface area (Å²) in [5, 5.41) is 0. The number of hydrogen-bond acceptors (Lipinski definition) is 2. The van der Waals surface area contributed by atoms with Gasteiger partial charge in [0.05, 0.1) is 5.56 Å². The van der Waals surface area contributed by atoms with Gasteiger partial charge in [-0.25, -0.2) is 0 Å². The van der Waals surface area contributed by atoms with E-state index >= 15 is 0 Å². The highest BCUT2D eigenvalue weighted by Crippen LogP contribution is 2.24. The molecule has 3 heteroatoms. The molecular weight excluding hydrogens is 266 g/mol. The average Bonchev–Trinajstić information content (AvgIpc) is 2.47. The minimum absolute atomic E-state index is 0.0457. The van der Waals surface area contributed by atoms with Gasteiger partial charge in [0.25, 0.3) is 5.91 Å². The number of nitrogens with zero attached hydrogens (tertiary/aromatic N) is 1. The Labute approximate surface area is 126 Å². The second kappa shape index (κ2) is 9.43. The summed E-state index contributed by atoms with van der Waals surface area (Å²) in [6.07, 6.45) is 5.82. The van der Waals surface area contributed by atoms with Crippen molar-refractivity contribution in [2.24, 2.45) is 0 Å². The number of rotatable bonds is 9. The van der Waals surface area contributed by atoms with Crippen molar-refractivity contribution in [3.63, 3.8) is 0 Å². The molecule has 0 atom stereocenters. The topological polar surface area (TPSA) is 20.3 Å². The first-order chi connectivity index (χ1) is 9.74. The fourth-order valence-corrected chi connectivity index (χ4v) is 2.96. The van der Waals surface area contributed by atoms with Crippen molar-refractivity contribution in [3.05, 3.63) is 55.1 Å². The van der Waals surface area contributed by atoms with Crippen LogP contribution in [0.25, 0.3) is 0 Å². The number of carbonyl (C=O) groups is 1. The van der Waals surface area contributed by atoms with Crippen molar-refractivity contribution in [3.8, 4) is 0 Å². The molecule has 0 aliphatic rings. The smallest absolute Gasteiger partial charge is 0.255 e. The molecule has 0 unspecified atom stereocenters. The fourth-order valence-electron chi connectivity index (χ4n) is 1.82. The molecule has 108 valence electrons. The number of thioether (sulfide) groups is 1. The summed E-state index contributed by atoms with van der Waals surface area (Å²) in [5.41, 5.74) is 0.775. The third-order valence-electron chi connectivity index (χ3n) is 2.86. The van der Waals surface area contributed by atoms with Crippen molar-refractivity contribution in [1.29, 1.82) is 0 Å². The Kier molecular flexibility index (Phi) is 7.81. The maximum Gasteiger partial charge on any atom is 0.255 e. The maximum absolute atomic E-state index is 12.6. The Bertz CT molecular complexity index is 446. The van der Waals surface area contributed by atoms with Gasteiger partial charge in [0, 0.05) is 18.0 Å². The second-order valence-corrected chi connectivity index (χ2v) is 5.62. The molecule has 0 fully saturated rings. The molecule has 2 nitrogen and oxygen atoms in total. The molecule has 0 aromatic heterocycles. The van der Waals surface area contributed by atoms with Gasteiger partial charge in [-0.2, -0.15) is 0 Å². The van der Waals surface area contributed by atoms with Crippen LogP contribution >= 0.6 is 11.8 Å². The van der Waals surface area contributed by atoms with Crippen LogP contribution in [0, 0.1) is 0 Å². The lowest BCUT2D eigenvalue weighted by atomic mass is 10.2. The van der Waals surface area contributed by atoms with Crippen molar-refractivity contribution in [2.45, 2.75) is 24.7 Å². The van der Waals surface area contributed by atoms with Gasteiger partial charge in [0.2, 0.25) is 0 Å². The van der Waals surface area contributed by atoms with Gasteiger partial charge in [0.15, 0.2) is 0 Å². The van der Waals surface area contributed by atoms with Gasteiger partial charge in [-0.3, -0.25) is 4.79 Å². The molecule has 0 spiro atoms. The highest BCUT2D eigenvalue weighted by atomic mass is 32.2. The molecule has 1 amide bonds. The molecule has 0 N–H and O–H groups in total. The summed E-state index contributed by atoms with van der Waals surface area (Å²) in [6, 6.07) is 7.82. The molecular formula is C17H23NOS. The summed E-state index contributed by atoms with van der Waals surface area (Å²) < 4.78 is 0. The number of benzene rings is 1. The lowest BCUT2D eigenvalue weighted by Crippen LogP contribution is -2.31. The van der Waals surface area contributed by atoms with Crippen LogP contribution in [-0.2, 0) is 0 Å². The van der Waals surface area contributed by atoms with Gasteiger partial charge >= 0.3 is 0 Å². The standard InChI is InChI=1S/C17H23NOS/c1-4-7-14-20-16-11-9-8-10-15(16)17(19)18(12-5-2)13-6-3/h5-6,8-11H,2-4,7,12-14H2,1H3. The van der Waals surface area contributed by atoms with E-state index in [1.807, 2.05) is 24.3 Å². The minimum atomic E-state index is 0.0457. The maximum atomic E-state index is 12.6. The summed E-state index contributed by atoms with van der Waals surface area (Å²) in [5.74, 6) is 1.09. The Morgan fingerprint density at radius 1 is 1.25 bits per heavy atom. The molecule has 1 aromatic rings. The number of hydrogen-bond donors (Lipinski definition) is 0. The summed E-state index contributed by atoms with van der Waals surface area (Å²) >= 11 is 1.75. The minimum Gasteiger partial charge on any atom is -0.331 e. The monoisotopic (exact) mass is 289 g/mol. The van der Waals surface area contributed by atoms with E-state index in [1.54, 1.807) is 28.8 Å². The van der Waals surface area contributed by atoms with E-state index in [1.165, 1.54) is 6.42 Å². The molecule has 1 aromatic carbocycles. The van der Waals surface area contributed by atoms with E-state index in [4.69, 9.17) is 0 Å². The normalized spacial score (nSPS) is 10.1. The molecule has 0 saturated carbocycles. The quantitative estimate of drug-likeness (QED) is 0.382. The number of carbonyl (C=O) groups excluding carboxylic acids is 1. The Morgan fingerprint density at radius 2 is 1.90 bits per heavy atom. The SMILES string of the molecule is C=CCN(CC=C)C(=O)c1ccccc1SCCCC. The fraction of sp³-hybridized carbons (Fsp3) is 0.353. The molecule has 1 rings (SSSR count). The highest BCUT2D eigenvalue weighted by Gasteiger charge is 2.16. The van der Waals surface area contributed by atoms with Gasteiger partial charge in [0.1, 0.15) is 0 Å². The molecule has 0 aliphatic carbocycles. The second-order valence-electron chi connectivity index (χ2n) is 4.49. The lowest BCUT2D eigenvalue weighted by molar-refractivity contribution is 0.0787. The van der Waals surface area contributed by atoms with Crippen molar-refractivity contribution >= 4 is 17.7 Å². The highest BCUT2D eigenvalue weighted by molar-refractivity contribution is 7.99.